The van der Waals surface area contributed by atoms with E-state index in [0.29, 0.717) is 18.0 Å². The van der Waals surface area contributed by atoms with Crippen LogP contribution < -0.4 is 14.8 Å². The standard InChI is InChI=1S/C19H28N2O5/c1-13(18(22)23)12-21(2)19(24)20-11-14-8-9-16(25-3)17(10-14)26-15-6-4-5-7-15/h8-10,13,15H,4-7,11-12H2,1-3H3,(H,20,24)(H,22,23). The van der Waals surface area contributed by atoms with Crippen molar-refractivity contribution in [2.45, 2.75) is 45.3 Å². The first-order chi connectivity index (χ1) is 12.4. The lowest BCUT2D eigenvalue weighted by Crippen LogP contribution is -2.40. The molecule has 1 aromatic rings. The summed E-state index contributed by atoms with van der Waals surface area (Å²) in [5.41, 5.74) is 0.895. The molecule has 1 atom stereocenters. The Kier molecular flexibility index (Phi) is 7.12. The molecule has 0 radical (unpaired) electrons. The minimum atomic E-state index is -0.923. The lowest BCUT2D eigenvalue weighted by molar-refractivity contribution is -0.141. The number of benzene rings is 1. The average molecular weight is 364 g/mol. The molecule has 7 nitrogen and oxygen atoms in total. The summed E-state index contributed by atoms with van der Waals surface area (Å²) in [4.78, 5) is 24.4. The zero-order valence-corrected chi connectivity index (χ0v) is 15.7. The quantitative estimate of drug-likeness (QED) is 0.740. The molecule has 26 heavy (non-hydrogen) atoms. The van der Waals surface area contributed by atoms with Crippen LogP contribution in [0.4, 0.5) is 4.79 Å². The third-order valence-electron chi connectivity index (χ3n) is 4.58. The normalized spacial score (nSPS) is 15.3. The topological polar surface area (TPSA) is 88.1 Å². The number of rotatable bonds is 8. The Morgan fingerprint density at radius 3 is 2.62 bits per heavy atom. The van der Waals surface area contributed by atoms with Gasteiger partial charge < -0.3 is 24.8 Å². The van der Waals surface area contributed by atoms with Crippen LogP contribution in [0.2, 0.25) is 0 Å². The van der Waals surface area contributed by atoms with E-state index in [-0.39, 0.29) is 18.7 Å². The smallest absolute Gasteiger partial charge is 0.317 e. The SMILES string of the molecule is COc1ccc(CNC(=O)N(C)CC(C)C(=O)O)cc1OC1CCCC1. The fraction of sp³-hybridized carbons (Fsp3) is 0.579. The van der Waals surface area contributed by atoms with Crippen LogP contribution in [0.15, 0.2) is 18.2 Å². The second-order valence-electron chi connectivity index (χ2n) is 6.79. The van der Waals surface area contributed by atoms with E-state index in [4.69, 9.17) is 14.6 Å². The van der Waals surface area contributed by atoms with Crippen LogP contribution in [-0.2, 0) is 11.3 Å². The monoisotopic (exact) mass is 364 g/mol. The highest BCUT2D eigenvalue weighted by molar-refractivity contribution is 5.75. The number of carbonyl (C=O) groups is 2. The van der Waals surface area contributed by atoms with Crippen molar-refractivity contribution in [2.24, 2.45) is 5.92 Å². The van der Waals surface area contributed by atoms with Gasteiger partial charge >= 0.3 is 12.0 Å². The Bertz CT molecular complexity index is 628. The Hall–Kier alpha value is -2.44. The third-order valence-corrected chi connectivity index (χ3v) is 4.58. The zero-order chi connectivity index (χ0) is 19.1. The van der Waals surface area contributed by atoms with Crippen LogP contribution in [0, 0.1) is 5.92 Å². The summed E-state index contributed by atoms with van der Waals surface area (Å²) in [5, 5.41) is 11.7. The second-order valence-corrected chi connectivity index (χ2v) is 6.79. The molecule has 0 saturated heterocycles. The minimum absolute atomic E-state index is 0.153. The van der Waals surface area contributed by atoms with Crippen molar-refractivity contribution >= 4 is 12.0 Å². The lowest BCUT2D eigenvalue weighted by atomic mass is 10.2. The predicted octanol–water partition coefficient (Wildman–Crippen LogP) is 2.88. The molecule has 2 N–H and O–H groups in total. The largest absolute Gasteiger partial charge is 0.493 e. The van der Waals surface area contributed by atoms with E-state index in [1.165, 1.54) is 17.7 Å². The van der Waals surface area contributed by atoms with Gasteiger partial charge in [-0.15, -0.1) is 0 Å². The summed E-state index contributed by atoms with van der Waals surface area (Å²) in [5.74, 6) is -0.162. The van der Waals surface area contributed by atoms with Gasteiger partial charge in [-0.2, -0.15) is 0 Å². The number of nitrogens with zero attached hydrogens (tertiary/aromatic N) is 1. The molecule has 0 bridgehead atoms. The minimum Gasteiger partial charge on any atom is -0.493 e. The Morgan fingerprint density at radius 2 is 2.00 bits per heavy atom. The van der Waals surface area contributed by atoms with Crippen molar-refractivity contribution in [3.63, 3.8) is 0 Å². The summed E-state index contributed by atoms with van der Waals surface area (Å²) in [7, 11) is 3.19. The van der Waals surface area contributed by atoms with Gasteiger partial charge in [0.15, 0.2) is 11.5 Å². The summed E-state index contributed by atoms with van der Waals surface area (Å²) in [6.45, 7) is 2.05. The number of amides is 2. The van der Waals surface area contributed by atoms with Crippen LogP contribution in [0.5, 0.6) is 11.5 Å². The number of nitrogens with one attached hydrogen (secondary N) is 1. The maximum atomic E-state index is 12.1. The summed E-state index contributed by atoms with van der Waals surface area (Å²) in [6, 6.07) is 5.28. The molecule has 2 amide bonds. The maximum Gasteiger partial charge on any atom is 0.317 e. The number of hydrogen-bond acceptors (Lipinski definition) is 4. The molecule has 0 heterocycles. The van der Waals surface area contributed by atoms with Crippen LogP contribution >= 0.6 is 0 Å². The highest BCUT2D eigenvalue weighted by atomic mass is 16.5. The molecule has 0 aliphatic heterocycles. The van der Waals surface area contributed by atoms with Crippen molar-refractivity contribution in [2.75, 3.05) is 20.7 Å². The van der Waals surface area contributed by atoms with E-state index in [1.54, 1.807) is 21.1 Å². The van der Waals surface area contributed by atoms with Crippen molar-refractivity contribution in [3.05, 3.63) is 23.8 Å². The molecule has 7 heteroatoms. The molecule has 1 fully saturated rings. The number of carboxylic acids is 1. The highest BCUT2D eigenvalue weighted by Crippen LogP contribution is 2.32. The number of carbonyl (C=O) groups excluding carboxylic acids is 1. The van der Waals surface area contributed by atoms with Crippen LogP contribution in [0.3, 0.4) is 0 Å². The molecule has 0 aromatic heterocycles. The predicted molar refractivity (Wildman–Crippen MR) is 97.5 cm³/mol. The Labute approximate surface area is 154 Å². The van der Waals surface area contributed by atoms with Crippen molar-refractivity contribution in [1.82, 2.24) is 10.2 Å². The summed E-state index contributed by atoms with van der Waals surface area (Å²) >= 11 is 0. The molecular weight excluding hydrogens is 336 g/mol. The molecule has 2 rings (SSSR count). The molecule has 1 saturated carbocycles. The lowest BCUT2D eigenvalue weighted by Gasteiger charge is -2.20. The molecule has 1 aromatic carbocycles. The Balaban J connectivity index is 1.93. The Morgan fingerprint density at radius 1 is 1.31 bits per heavy atom. The van der Waals surface area contributed by atoms with Crippen LogP contribution in [0.1, 0.15) is 38.2 Å². The molecule has 1 unspecified atom stereocenters. The zero-order valence-electron chi connectivity index (χ0n) is 15.7. The van der Waals surface area contributed by atoms with Gasteiger partial charge in [-0.1, -0.05) is 13.0 Å². The van der Waals surface area contributed by atoms with Gasteiger partial charge in [0, 0.05) is 20.1 Å². The first-order valence-electron chi connectivity index (χ1n) is 8.96. The first kappa shape index (κ1) is 19.9. The molecule has 1 aliphatic carbocycles. The van der Waals surface area contributed by atoms with E-state index in [0.717, 1.165) is 18.4 Å². The fourth-order valence-corrected chi connectivity index (χ4v) is 2.99. The van der Waals surface area contributed by atoms with Crippen molar-refractivity contribution in [3.8, 4) is 11.5 Å². The van der Waals surface area contributed by atoms with Gasteiger partial charge in [-0.05, 0) is 43.4 Å². The second kappa shape index (κ2) is 9.31. The molecular formula is C19H28N2O5. The number of aliphatic carboxylic acids is 1. The number of carboxylic acid groups (broad SMARTS) is 1. The van der Waals surface area contributed by atoms with Crippen LogP contribution in [0.25, 0.3) is 0 Å². The van der Waals surface area contributed by atoms with E-state index in [2.05, 4.69) is 5.32 Å². The fourth-order valence-electron chi connectivity index (χ4n) is 2.99. The van der Waals surface area contributed by atoms with Gasteiger partial charge in [-0.25, -0.2) is 4.79 Å². The van der Waals surface area contributed by atoms with Crippen LogP contribution in [-0.4, -0.2) is 48.8 Å². The summed E-state index contributed by atoms with van der Waals surface area (Å²) in [6.07, 6.45) is 4.69. The number of ether oxygens (including phenoxy) is 2. The van der Waals surface area contributed by atoms with Gasteiger partial charge in [-0.3, -0.25) is 4.79 Å². The maximum absolute atomic E-state index is 12.1. The van der Waals surface area contributed by atoms with Crippen molar-refractivity contribution < 1.29 is 24.2 Å². The van der Waals surface area contributed by atoms with Gasteiger partial charge in [0.25, 0.3) is 0 Å². The number of urea groups is 1. The molecule has 0 spiro atoms. The highest BCUT2D eigenvalue weighted by Gasteiger charge is 2.19. The van der Waals surface area contributed by atoms with E-state index < -0.39 is 11.9 Å². The van der Waals surface area contributed by atoms with Gasteiger partial charge in [0.05, 0.1) is 19.1 Å². The first-order valence-corrected chi connectivity index (χ1v) is 8.96. The third kappa shape index (κ3) is 5.54. The van der Waals surface area contributed by atoms with E-state index >= 15 is 0 Å². The van der Waals surface area contributed by atoms with Gasteiger partial charge in [0.2, 0.25) is 0 Å². The van der Waals surface area contributed by atoms with E-state index in [1.807, 2.05) is 18.2 Å². The number of hydrogen-bond donors (Lipinski definition) is 2. The molecule has 144 valence electrons. The van der Waals surface area contributed by atoms with Crippen molar-refractivity contribution in [1.29, 1.82) is 0 Å². The number of methoxy groups -OCH3 is 1. The van der Waals surface area contributed by atoms with E-state index in [9.17, 15) is 9.59 Å². The summed E-state index contributed by atoms with van der Waals surface area (Å²) < 4.78 is 11.4. The molecule has 1 aliphatic rings. The average Bonchev–Trinajstić information content (AvgIpc) is 3.12. The van der Waals surface area contributed by atoms with Gasteiger partial charge in [0.1, 0.15) is 0 Å².